The first kappa shape index (κ1) is 14.6. The van der Waals surface area contributed by atoms with E-state index in [2.05, 4.69) is 18.8 Å². The fourth-order valence-corrected chi connectivity index (χ4v) is 4.95. The number of hydrogen-bond acceptors (Lipinski definition) is 2. The van der Waals surface area contributed by atoms with Gasteiger partial charge >= 0.3 is 0 Å². The normalized spacial score (nSPS) is 17.6. The molecule has 0 spiro atoms. The second kappa shape index (κ2) is 6.11. The summed E-state index contributed by atoms with van der Waals surface area (Å²) in [7, 11) is 0. The predicted octanol–water partition coefficient (Wildman–Crippen LogP) is 4.96. The van der Waals surface area contributed by atoms with Gasteiger partial charge in [-0.2, -0.15) is 0 Å². The van der Waals surface area contributed by atoms with Crippen LogP contribution in [0.2, 0.25) is 0 Å². The zero-order chi connectivity index (χ0) is 13.2. The third-order valence-electron chi connectivity index (χ3n) is 4.33. The van der Waals surface area contributed by atoms with Crippen molar-refractivity contribution in [3.63, 3.8) is 0 Å². The summed E-state index contributed by atoms with van der Waals surface area (Å²) in [5, 5.41) is 1.21. The number of alkyl halides is 2. The van der Waals surface area contributed by atoms with Crippen molar-refractivity contribution in [1.29, 1.82) is 0 Å². The van der Waals surface area contributed by atoms with E-state index in [0.717, 1.165) is 12.1 Å². The van der Waals surface area contributed by atoms with Crippen LogP contribution in [0.5, 0.6) is 0 Å². The number of aryl methyl sites for hydroxylation is 2. The molecule has 18 heavy (non-hydrogen) atoms. The SMILES string of the molecule is Cc1nc(CC(CCl)(CCl)C2CCCC2)sc1C. The van der Waals surface area contributed by atoms with E-state index >= 15 is 0 Å². The Kier molecular flexibility index (Phi) is 4.96. The van der Waals surface area contributed by atoms with Crippen LogP contribution in [-0.2, 0) is 6.42 Å². The third-order valence-corrected chi connectivity index (χ3v) is 6.47. The van der Waals surface area contributed by atoms with E-state index in [9.17, 15) is 0 Å². The van der Waals surface area contributed by atoms with Gasteiger partial charge in [-0.15, -0.1) is 34.5 Å². The van der Waals surface area contributed by atoms with Crippen LogP contribution >= 0.6 is 34.5 Å². The molecule has 1 aromatic rings. The Morgan fingerprint density at radius 1 is 1.22 bits per heavy atom. The topological polar surface area (TPSA) is 12.9 Å². The molecule has 4 heteroatoms. The Hall–Kier alpha value is 0.210. The molecule has 0 aliphatic heterocycles. The lowest BCUT2D eigenvalue weighted by molar-refractivity contribution is 0.225. The minimum absolute atomic E-state index is 0.0519. The number of thiazole rings is 1. The molecule has 0 radical (unpaired) electrons. The quantitative estimate of drug-likeness (QED) is 0.701. The molecular formula is C14H21Cl2NS. The molecule has 1 heterocycles. The molecule has 1 saturated carbocycles. The second-order valence-corrected chi connectivity index (χ2v) is 7.36. The van der Waals surface area contributed by atoms with E-state index < -0.39 is 0 Å². The van der Waals surface area contributed by atoms with Crippen LogP contribution < -0.4 is 0 Å². The number of nitrogens with zero attached hydrogens (tertiary/aromatic N) is 1. The Morgan fingerprint density at radius 2 is 1.83 bits per heavy atom. The van der Waals surface area contributed by atoms with Gasteiger partial charge in [-0.1, -0.05) is 12.8 Å². The van der Waals surface area contributed by atoms with Crippen LogP contribution in [0.15, 0.2) is 0 Å². The van der Waals surface area contributed by atoms with Gasteiger partial charge in [0.15, 0.2) is 0 Å². The maximum Gasteiger partial charge on any atom is 0.0937 e. The highest BCUT2D eigenvalue weighted by Gasteiger charge is 2.39. The number of hydrogen-bond donors (Lipinski definition) is 0. The van der Waals surface area contributed by atoms with Gasteiger partial charge in [-0.3, -0.25) is 0 Å². The van der Waals surface area contributed by atoms with Crippen molar-refractivity contribution in [2.24, 2.45) is 11.3 Å². The molecule has 102 valence electrons. The predicted molar refractivity (Wildman–Crippen MR) is 81.1 cm³/mol. The lowest BCUT2D eigenvalue weighted by Gasteiger charge is -2.35. The maximum atomic E-state index is 6.29. The largest absolute Gasteiger partial charge is 0.246 e. The average molecular weight is 306 g/mol. The minimum atomic E-state index is 0.0519. The van der Waals surface area contributed by atoms with Crippen molar-refractivity contribution < 1.29 is 0 Å². The molecule has 1 aliphatic carbocycles. The average Bonchev–Trinajstić information content (AvgIpc) is 2.98. The van der Waals surface area contributed by atoms with Crippen molar-refractivity contribution in [3.8, 4) is 0 Å². The first-order valence-electron chi connectivity index (χ1n) is 6.66. The summed E-state index contributed by atoms with van der Waals surface area (Å²) in [6.45, 7) is 4.21. The highest BCUT2D eigenvalue weighted by molar-refractivity contribution is 7.11. The zero-order valence-corrected chi connectivity index (χ0v) is 13.5. The molecule has 0 N–H and O–H groups in total. The molecule has 1 aliphatic rings. The van der Waals surface area contributed by atoms with Gasteiger partial charge in [0.25, 0.3) is 0 Å². The first-order chi connectivity index (χ1) is 8.61. The van der Waals surface area contributed by atoms with Crippen molar-refractivity contribution >= 4 is 34.5 Å². The fourth-order valence-electron chi connectivity index (χ4n) is 2.95. The minimum Gasteiger partial charge on any atom is -0.246 e. The zero-order valence-electron chi connectivity index (χ0n) is 11.1. The molecular weight excluding hydrogens is 285 g/mol. The van der Waals surface area contributed by atoms with Crippen LogP contribution in [0.1, 0.15) is 41.3 Å². The molecule has 1 aromatic heterocycles. The molecule has 0 bridgehead atoms. The standard InChI is InChI=1S/C14H21Cl2NS/c1-10-11(2)18-13(17-10)7-14(8-15,9-16)12-5-3-4-6-12/h12H,3-9H2,1-2H3. The maximum absolute atomic E-state index is 6.29. The second-order valence-electron chi connectivity index (χ2n) is 5.54. The molecule has 0 unspecified atom stereocenters. The molecule has 1 fully saturated rings. The van der Waals surface area contributed by atoms with Crippen LogP contribution in [0.25, 0.3) is 0 Å². The van der Waals surface area contributed by atoms with Gasteiger partial charge in [0, 0.05) is 28.5 Å². The summed E-state index contributed by atoms with van der Waals surface area (Å²) < 4.78 is 0. The Labute approximate surface area is 124 Å². The Bertz CT molecular complexity index is 373. The molecule has 0 amide bonds. The Balaban J connectivity index is 2.19. The number of rotatable bonds is 5. The van der Waals surface area contributed by atoms with Crippen LogP contribution in [0, 0.1) is 25.2 Å². The summed E-state index contributed by atoms with van der Waals surface area (Å²) in [5.41, 5.74) is 1.20. The van der Waals surface area contributed by atoms with E-state index in [1.165, 1.54) is 35.6 Å². The highest BCUT2D eigenvalue weighted by Crippen LogP contribution is 2.44. The van der Waals surface area contributed by atoms with Crippen LogP contribution in [-0.4, -0.2) is 16.7 Å². The Morgan fingerprint density at radius 3 is 2.28 bits per heavy atom. The first-order valence-corrected chi connectivity index (χ1v) is 8.54. The molecule has 2 rings (SSSR count). The fraction of sp³-hybridized carbons (Fsp3) is 0.786. The van der Waals surface area contributed by atoms with Crippen molar-refractivity contribution in [2.75, 3.05) is 11.8 Å². The van der Waals surface area contributed by atoms with E-state index in [-0.39, 0.29) is 5.41 Å². The van der Waals surface area contributed by atoms with Crippen molar-refractivity contribution in [1.82, 2.24) is 4.98 Å². The lowest BCUT2D eigenvalue weighted by Crippen LogP contribution is -2.35. The third kappa shape index (κ3) is 2.86. The van der Waals surface area contributed by atoms with Gasteiger partial charge in [0.1, 0.15) is 0 Å². The lowest BCUT2D eigenvalue weighted by atomic mass is 9.75. The van der Waals surface area contributed by atoms with Crippen molar-refractivity contribution in [3.05, 3.63) is 15.6 Å². The summed E-state index contributed by atoms with van der Waals surface area (Å²) in [6, 6.07) is 0. The van der Waals surface area contributed by atoms with E-state index in [4.69, 9.17) is 23.2 Å². The van der Waals surface area contributed by atoms with Gasteiger partial charge < -0.3 is 0 Å². The number of halogens is 2. The van der Waals surface area contributed by atoms with E-state index in [1.54, 1.807) is 11.3 Å². The number of aromatic nitrogens is 1. The monoisotopic (exact) mass is 305 g/mol. The summed E-state index contributed by atoms with van der Waals surface area (Å²) >= 11 is 14.4. The summed E-state index contributed by atoms with van der Waals surface area (Å²) in [4.78, 5) is 5.98. The smallest absolute Gasteiger partial charge is 0.0937 e. The molecule has 0 saturated heterocycles. The van der Waals surface area contributed by atoms with Gasteiger partial charge in [0.05, 0.1) is 10.7 Å². The van der Waals surface area contributed by atoms with Crippen LogP contribution in [0.3, 0.4) is 0 Å². The van der Waals surface area contributed by atoms with Gasteiger partial charge in [0.2, 0.25) is 0 Å². The summed E-state index contributed by atoms with van der Waals surface area (Å²) in [5.74, 6) is 1.98. The van der Waals surface area contributed by atoms with E-state index in [1.807, 2.05) is 0 Å². The van der Waals surface area contributed by atoms with E-state index in [0.29, 0.717) is 17.7 Å². The van der Waals surface area contributed by atoms with Crippen LogP contribution in [0.4, 0.5) is 0 Å². The highest BCUT2D eigenvalue weighted by atomic mass is 35.5. The molecule has 0 aromatic carbocycles. The molecule has 0 atom stereocenters. The van der Waals surface area contributed by atoms with Gasteiger partial charge in [-0.05, 0) is 32.6 Å². The van der Waals surface area contributed by atoms with Crippen molar-refractivity contribution in [2.45, 2.75) is 46.0 Å². The molecule has 1 nitrogen and oxygen atoms in total. The summed E-state index contributed by atoms with van der Waals surface area (Å²) in [6.07, 6.45) is 6.17. The van der Waals surface area contributed by atoms with Gasteiger partial charge in [-0.25, -0.2) is 4.98 Å².